The minimum absolute atomic E-state index is 0.0206. The largest absolute Gasteiger partial charge is 0.496 e. The molecule has 0 aromatic heterocycles. The molecule has 7 nitrogen and oxygen atoms in total. The van der Waals surface area contributed by atoms with E-state index < -0.39 is 0 Å². The molecule has 24 heavy (non-hydrogen) atoms. The van der Waals surface area contributed by atoms with Gasteiger partial charge in [-0.15, -0.1) is 0 Å². The Labute approximate surface area is 141 Å². The second-order valence-corrected chi connectivity index (χ2v) is 5.73. The SMILES string of the molecule is COc1cc2c(cc1CNC(=O)COCC1CCCO1)OCCO2. The van der Waals surface area contributed by atoms with Gasteiger partial charge in [-0.25, -0.2) is 0 Å². The van der Waals surface area contributed by atoms with Crippen molar-refractivity contribution in [1.29, 1.82) is 0 Å². The lowest BCUT2D eigenvalue weighted by Gasteiger charge is -2.21. The first-order valence-corrected chi connectivity index (χ1v) is 8.19. The molecule has 1 aromatic rings. The standard InChI is InChI=1S/C17H23NO6/c1-20-14-8-16-15(23-5-6-24-16)7-12(14)9-18-17(19)11-21-10-13-3-2-4-22-13/h7-8,13H,2-6,9-11H2,1H3,(H,18,19). The molecule has 1 aromatic carbocycles. The van der Waals surface area contributed by atoms with Crippen LogP contribution in [-0.4, -0.2) is 52.2 Å². The number of benzene rings is 1. The minimum atomic E-state index is -0.176. The molecule has 132 valence electrons. The smallest absolute Gasteiger partial charge is 0.246 e. The average Bonchev–Trinajstić information content (AvgIpc) is 3.12. The van der Waals surface area contributed by atoms with Crippen LogP contribution >= 0.6 is 0 Å². The maximum Gasteiger partial charge on any atom is 0.246 e. The molecule has 0 radical (unpaired) electrons. The van der Waals surface area contributed by atoms with E-state index in [-0.39, 0.29) is 18.6 Å². The predicted octanol–water partition coefficient (Wildman–Crippen LogP) is 1.28. The number of methoxy groups -OCH3 is 1. The number of hydrogen-bond donors (Lipinski definition) is 1. The third kappa shape index (κ3) is 4.30. The molecule has 2 heterocycles. The van der Waals surface area contributed by atoms with E-state index in [0.29, 0.717) is 43.6 Å². The van der Waals surface area contributed by atoms with Crippen molar-refractivity contribution in [2.75, 3.05) is 40.1 Å². The van der Waals surface area contributed by atoms with E-state index in [1.54, 1.807) is 13.2 Å². The normalized spacial score (nSPS) is 19.1. The molecule has 1 saturated heterocycles. The molecule has 0 spiro atoms. The van der Waals surface area contributed by atoms with E-state index in [0.717, 1.165) is 25.0 Å². The Bertz CT molecular complexity index is 570. The Kier molecular flexibility index (Phi) is 5.77. The topological polar surface area (TPSA) is 75.3 Å². The fraction of sp³-hybridized carbons (Fsp3) is 0.588. The first-order chi connectivity index (χ1) is 11.8. The van der Waals surface area contributed by atoms with Crippen LogP contribution in [0.25, 0.3) is 0 Å². The van der Waals surface area contributed by atoms with Gasteiger partial charge in [-0.1, -0.05) is 0 Å². The Morgan fingerprint density at radius 1 is 1.25 bits per heavy atom. The van der Waals surface area contributed by atoms with Crippen LogP contribution in [0.4, 0.5) is 0 Å². The zero-order valence-corrected chi connectivity index (χ0v) is 13.8. The van der Waals surface area contributed by atoms with Gasteiger partial charge in [-0.3, -0.25) is 4.79 Å². The molecular formula is C17H23NO6. The van der Waals surface area contributed by atoms with Gasteiger partial charge in [0.25, 0.3) is 0 Å². The third-order valence-corrected chi connectivity index (χ3v) is 3.98. The molecule has 1 fully saturated rings. The van der Waals surface area contributed by atoms with E-state index in [4.69, 9.17) is 23.7 Å². The van der Waals surface area contributed by atoms with Crippen LogP contribution in [0, 0.1) is 0 Å². The summed E-state index contributed by atoms with van der Waals surface area (Å²) >= 11 is 0. The molecule has 3 rings (SSSR count). The number of rotatable bonds is 7. The molecule has 1 atom stereocenters. The second-order valence-electron chi connectivity index (χ2n) is 5.73. The highest BCUT2D eigenvalue weighted by atomic mass is 16.6. The first-order valence-electron chi connectivity index (χ1n) is 8.19. The third-order valence-electron chi connectivity index (χ3n) is 3.98. The lowest BCUT2D eigenvalue weighted by atomic mass is 10.1. The van der Waals surface area contributed by atoms with Gasteiger partial charge >= 0.3 is 0 Å². The number of hydrogen-bond acceptors (Lipinski definition) is 6. The number of carbonyl (C=O) groups excluding carboxylic acids is 1. The fourth-order valence-corrected chi connectivity index (χ4v) is 2.74. The summed E-state index contributed by atoms with van der Waals surface area (Å²) in [6.45, 7) is 2.63. The Hall–Kier alpha value is -1.99. The van der Waals surface area contributed by atoms with Gasteiger partial charge in [-0.2, -0.15) is 0 Å². The van der Waals surface area contributed by atoms with Crippen LogP contribution in [0.3, 0.4) is 0 Å². The molecule has 7 heteroatoms. The lowest BCUT2D eigenvalue weighted by Crippen LogP contribution is -2.29. The quantitative estimate of drug-likeness (QED) is 0.808. The fourth-order valence-electron chi connectivity index (χ4n) is 2.74. The van der Waals surface area contributed by atoms with Crippen LogP contribution in [0.2, 0.25) is 0 Å². The summed E-state index contributed by atoms with van der Waals surface area (Å²) in [6, 6.07) is 3.62. The van der Waals surface area contributed by atoms with E-state index in [1.165, 1.54) is 0 Å². The summed E-state index contributed by atoms with van der Waals surface area (Å²) in [5.41, 5.74) is 0.828. The van der Waals surface area contributed by atoms with E-state index >= 15 is 0 Å². The molecule has 0 saturated carbocycles. The van der Waals surface area contributed by atoms with Gasteiger partial charge < -0.3 is 29.0 Å². The van der Waals surface area contributed by atoms with Gasteiger partial charge in [0, 0.05) is 24.8 Å². The number of nitrogens with one attached hydrogen (secondary N) is 1. The van der Waals surface area contributed by atoms with Gasteiger partial charge in [0.05, 0.1) is 19.8 Å². The highest BCUT2D eigenvalue weighted by Gasteiger charge is 2.18. The van der Waals surface area contributed by atoms with Gasteiger partial charge in [0.1, 0.15) is 25.6 Å². The molecule has 1 unspecified atom stereocenters. The van der Waals surface area contributed by atoms with Gasteiger partial charge in [0.15, 0.2) is 11.5 Å². The maximum absolute atomic E-state index is 11.9. The minimum Gasteiger partial charge on any atom is -0.496 e. The van der Waals surface area contributed by atoms with Crippen molar-refractivity contribution in [1.82, 2.24) is 5.32 Å². The highest BCUT2D eigenvalue weighted by molar-refractivity contribution is 5.77. The Balaban J connectivity index is 1.48. The summed E-state index contributed by atoms with van der Waals surface area (Å²) in [7, 11) is 1.58. The van der Waals surface area contributed by atoms with Crippen molar-refractivity contribution < 1.29 is 28.5 Å². The van der Waals surface area contributed by atoms with Crippen molar-refractivity contribution in [3.05, 3.63) is 17.7 Å². The molecule has 1 amide bonds. The summed E-state index contributed by atoms with van der Waals surface area (Å²) < 4.78 is 27.3. The average molecular weight is 337 g/mol. The number of carbonyl (C=O) groups is 1. The molecule has 2 aliphatic heterocycles. The molecule has 1 N–H and O–H groups in total. The van der Waals surface area contributed by atoms with Gasteiger partial charge in [0.2, 0.25) is 5.91 Å². The number of ether oxygens (including phenoxy) is 5. The highest BCUT2D eigenvalue weighted by Crippen LogP contribution is 2.36. The van der Waals surface area contributed by atoms with Crippen molar-refractivity contribution in [2.24, 2.45) is 0 Å². The predicted molar refractivity (Wildman–Crippen MR) is 85.6 cm³/mol. The molecule has 2 aliphatic rings. The first kappa shape index (κ1) is 16.9. The van der Waals surface area contributed by atoms with Crippen LogP contribution in [0.1, 0.15) is 18.4 Å². The van der Waals surface area contributed by atoms with Crippen molar-refractivity contribution in [2.45, 2.75) is 25.5 Å². The molecular weight excluding hydrogens is 314 g/mol. The summed E-state index contributed by atoms with van der Waals surface area (Å²) in [5, 5.41) is 2.82. The zero-order chi connectivity index (χ0) is 16.8. The second kappa shape index (κ2) is 8.21. The van der Waals surface area contributed by atoms with Crippen LogP contribution < -0.4 is 19.5 Å². The molecule has 0 bridgehead atoms. The van der Waals surface area contributed by atoms with Crippen LogP contribution in [0.15, 0.2) is 12.1 Å². The summed E-state index contributed by atoms with van der Waals surface area (Å²) in [4.78, 5) is 11.9. The summed E-state index contributed by atoms with van der Waals surface area (Å²) in [5.74, 6) is 1.80. The van der Waals surface area contributed by atoms with Crippen molar-refractivity contribution in [3.8, 4) is 17.2 Å². The summed E-state index contributed by atoms with van der Waals surface area (Å²) in [6.07, 6.45) is 2.18. The Morgan fingerprint density at radius 2 is 2.04 bits per heavy atom. The van der Waals surface area contributed by atoms with E-state index in [1.807, 2.05) is 6.07 Å². The maximum atomic E-state index is 11.9. The molecule has 0 aliphatic carbocycles. The van der Waals surface area contributed by atoms with E-state index in [2.05, 4.69) is 5.32 Å². The van der Waals surface area contributed by atoms with Crippen molar-refractivity contribution >= 4 is 5.91 Å². The zero-order valence-electron chi connectivity index (χ0n) is 13.8. The monoisotopic (exact) mass is 337 g/mol. The lowest BCUT2D eigenvalue weighted by molar-refractivity contribution is -0.127. The van der Waals surface area contributed by atoms with Gasteiger partial charge in [-0.05, 0) is 18.9 Å². The van der Waals surface area contributed by atoms with Crippen molar-refractivity contribution in [3.63, 3.8) is 0 Å². The Morgan fingerprint density at radius 3 is 2.75 bits per heavy atom. The van der Waals surface area contributed by atoms with Crippen LogP contribution in [0.5, 0.6) is 17.2 Å². The van der Waals surface area contributed by atoms with Crippen LogP contribution in [-0.2, 0) is 20.8 Å². The number of amides is 1. The van der Waals surface area contributed by atoms with E-state index in [9.17, 15) is 4.79 Å². The number of fused-ring (bicyclic) bond motifs is 1.